The summed E-state index contributed by atoms with van der Waals surface area (Å²) in [5.41, 5.74) is 1.62. The van der Waals surface area contributed by atoms with E-state index in [0.717, 1.165) is 60.5 Å². The molecule has 174 valence electrons. The van der Waals surface area contributed by atoms with Crippen molar-refractivity contribution >= 4 is 33.6 Å². The van der Waals surface area contributed by atoms with E-state index in [9.17, 15) is 0 Å². The van der Waals surface area contributed by atoms with Crippen molar-refractivity contribution in [2.24, 2.45) is 0 Å². The zero-order chi connectivity index (χ0) is 22.3. The number of hydrogen-bond donors (Lipinski definition) is 2. The van der Waals surface area contributed by atoms with Crippen molar-refractivity contribution in [1.29, 1.82) is 0 Å². The minimum Gasteiger partial charge on any atom is -0.467 e. The van der Waals surface area contributed by atoms with E-state index in [-0.39, 0.29) is 0 Å². The van der Waals surface area contributed by atoms with Crippen LogP contribution in [0.4, 0.5) is 11.1 Å². The lowest BCUT2D eigenvalue weighted by atomic mass is 10.0. The molecule has 1 fully saturated rings. The lowest BCUT2D eigenvalue weighted by Crippen LogP contribution is -2.40. The maximum atomic E-state index is 5.56. The highest BCUT2D eigenvalue weighted by Gasteiger charge is 2.22. The van der Waals surface area contributed by atoms with Crippen LogP contribution in [0, 0.1) is 0 Å². The van der Waals surface area contributed by atoms with E-state index >= 15 is 0 Å². The van der Waals surface area contributed by atoms with E-state index in [0.29, 0.717) is 12.6 Å². The molecule has 0 aliphatic carbocycles. The average Bonchev–Trinajstić information content (AvgIpc) is 3.60. The maximum Gasteiger partial charge on any atom is 0.205 e. The molecule has 0 atom stereocenters. The van der Waals surface area contributed by atoms with Crippen molar-refractivity contribution in [2.45, 2.75) is 44.7 Å². The van der Waals surface area contributed by atoms with Gasteiger partial charge in [0, 0.05) is 37.3 Å². The highest BCUT2D eigenvalue weighted by molar-refractivity contribution is 7.13. The Kier molecular flexibility index (Phi) is 7.12. The van der Waals surface area contributed by atoms with Gasteiger partial charge in [0.05, 0.1) is 19.0 Å². The molecule has 0 spiro atoms. The van der Waals surface area contributed by atoms with Crippen molar-refractivity contribution in [3.63, 3.8) is 0 Å². The first-order valence-electron chi connectivity index (χ1n) is 11.7. The van der Waals surface area contributed by atoms with Crippen LogP contribution >= 0.6 is 11.3 Å². The van der Waals surface area contributed by atoms with Crippen LogP contribution in [0.25, 0.3) is 11.2 Å². The number of likely N-dealkylation sites (tertiary alicyclic amines) is 1. The molecule has 0 amide bonds. The molecule has 4 aromatic rings. The average molecular weight is 467 g/mol. The summed E-state index contributed by atoms with van der Waals surface area (Å²) in [5, 5.41) is 10.1. The van der Waals surface area contributed by atoms with Gasteiger partial charge in [0.25, 0.3) is 0 Å². The molecule has 10 heteroatoms. The zero-order valence-electron chi connectivity index (χ0n) is 18.7. The van der Waals surface area contributed by atoms with Crippen LogP contribution in [0.2, 0.25) is 0 Å². The van der Waals surface area contributed by atoms with Gasteiger partial charge in [-0.3, -0.25) is 4.57 Å². The Hall–Kier alpha value is -2.98. The lowest BCUT2D eigenvalue weighted by Gasteiger charge is -2.32. The van der Waals surface area contributed by atoms with Gasteiger partial charge in [-0.15, -0.1) is 11.3 Å². The maximum absolute atomic E-state index is 5.56. The van der Waals surface area contributed by atoms with Crippen molar-refractivity contribution in [3.05, 3.63) is 48.3 Å². The third kappa shape index (κ3) is 5.69. The van der Waals surface area contributed by atoms with Crippen LogP contribution in [0.5, 0.6) is 0 Å². The highest BCUT2D eigenvalue weighted by atomic mass is 32.1. The van der Waals surface area contributed by atoms with Crippen molar-refractivity contribution in [1.82, 2.24) is 29.4 Å². The number of unbranched alkanes of at least 4 members (excludes halogenated alkanes) is 2. The Balaban J connectivity index is 1.08. The zero-order valence-corrected chi connectivity index (χ0v) is 19.5. The Morgan fingerprint density at radius 1 is 1.15 bits per heavy atom. The molecule has 0 aromatic carbocycles. The summed E-state index contributed by atoms with van der Waals surface area (Å²) in [6, 6.07) is 4.29. The van der Waals surface area contributed by atoms with Crippen LogP contribution in [-0.2, 0) is 6.54 Å². The predicted octanol–water partition coefficient (Wildman–Crippen LogP) is 4.08. The quantitative estimate of drug-likeness (QED) is 0.319. The van der Waals surface area contributed by atoms with Crippen LogP contribution in [0.3, 0.4) is 0 Å². The van der Waals surface area contributed by atoms with Gasteiger partial charge >= 0.3 is 0 Å². The fourth-order valence-corrected chi connectivity index (χ4v) is 4.88. The Labute approximate surface area is 197 Å². The number of nitrogens with zero attached hydrogens (tertiary/aromatic N) is 6. The fraction of sp³-hybridized carbons (Fsp3) is 0.478. The third-order valence-corrected chi connectivity index (χ3v) is 6.82. The van der Waals surface area contributed by atoms with E-state index in [4.69, 9.17) is 9.40 Å². The van der Waals surface area contributed by atoms with Gasteiger partial charge in [0.15, 0.2) is 10.8 Å². The Bertz CT molecular complexity index is 1100. The lowest BCUT2D eigenvalue weighted by molar-refractivity contribution is 0.214. The minimum absolute atomic E-state index is 0.406. The first-order valence-corrected chi connectivity index (χ1v) is 12.5. The van der Waals surface area contributed by atoms with Crippen LogP contribution in [0.15, 0.2) is 46.9 Å². The summed E-state index contributed by atoms with van der Waals surface area (Å²) in [5.74, 6) is 1.72. The summed E-state index contributed by atoms with van der Waals surface area (Å²) in [7, 11) is 0. The van der Waals surface area contributed by atoms with Crippen molar-refractivity contribution < 1.29 is 4.42 Å². The van der Waals surface area contributed by atoms with Crippen LogP contribution in [-0.4, -0.2) is 61.6 Å². The minimum atomic E-state index is 0.406. The van der Waals surface area contributed by atoms with Gasteiger partial charge < -0.3 is 20.0 Å². The summed E-state index contributed by atoms with van der Waals surface area (Å²) in [4.78, 5) is 20.2. The van der Waals surface area contributed by atoms with Gasteiger partial charge in [-0.05, 0) is 44.4 Å². The SMILES string of the molecule is c1coc(Cn2c(NC3CCN(CCCCCNc4nccs4)CC3)nc3cncnc32)c1. The number of piperidine rings is 1. The number of imidazole rings is 1. The van der Waals surface area contributed by atoms with Gasteiger partial charge in [-0.25, -0.2) is 19.9 Å². The Morgan fingerprint density at radius 3 is 2.91 bits per heavy atom. The van der Waals surface area contributed by atoms with E-state index in [1.165, 1.54) is 25.8 Å². The van der Waals surface area contributed by atoms with Gasteiger partial charge in [0.1, 0.15) is 17.6 Å². The second-order valence-electron chi connectivity index (χ2n) is 8.42. The number of hydrogen-bond acceptors (Lipinski definition) is 9. The first kappa shape index (κ1) is 21.8. The molecular weight excluding hydrogens is 436 g/mol. The van der Waals surface area contributed by atoms with Gasteiger partial charge in [-0.1, -0.05) is 6.42 Å². The molecule has 1 aliphatic heterocycles. The van der Waals surface area contributed by atoms with Crippen molar-refractivity contribution in [3.8, 4) is 0 Å². The van der Waals surface area contributed by atoms with Crippen LogP contribution in [0.1, 0.15) is 37.9 Å². The summed E-state index contributed by atoms with van der Waals surface area (Å²) in [6.07, 6.45) is 12.8. The molecule has 4 aromatic heterocycles. The molecule has 9 nitrogen and oxygen atoms in total. The highest BCUT2D eigenvalue weighted by Crippen LogP contribution is 2.22. The standard InChI is InChI=1S/C23H30N8OS/c1(2-8-25-23-26-9-14-33-23)3-10-30-11-6-18(7-12-30)28-22-29-20-15-24-17-27-21(20)31(22)16-19-5-4-13-32-19/h4-5,9,13-15,17-18H,1-3,6-8,10-12,16H2,(H,25,26)(H,28,29). The number of aromatic nitrogens is 5. The smallest absolute Gasteiger partial charge is 0.205 e. The third-order valence-electron chi connectivity index (χ3n) is 6.08. The van der Waals surface area contributed by atoms with E-state index in [2.05, 4.69) is 35.1 Å². The number of rotatable bonds is 11. The molecule has 33 heavy (non-hydrogen) atoms. The van der Waals surface area contributed by atoms with E-state index in [1.807, 2.05) is 23.7 Å². The summed E-state index contributed by atoms with van der Waals surface area (Å²) < 4.78 is 7.65. The molecule has 2 N–H and O–H groups in total. The second-order valence-corrected chi connectivity index (χ2v) is 9.31. The molecule has 0 radical (unpaired) electrons. The first-order chi connectivity index (χ1) is 16.3. The summed E-state index contributed by atoms with van der Waals surface area (Å²) >= 11 is 1.66. The molecule has 0 saturated carbocycles. The molecule has 1 aliphatic rings. The monoisotopic (exact) mass is 466 g/mol. The van der Waals surface area contributed by atoms with Gasteiger partial charge in [-0.2, -0.15) is 0 Å². The fourth-order valence-electron chi connectivity index (χ4n) is 4.32. The molecule has 1 saturated heterocycles. The molecule has 0 bridgehead atoms. The normalized spacial score (nSPS) is 15.3. The van der Waals surface area contributed by atoms with Crippen LogP contribution < -0.4 is 10.6 Å². The molecule has 0 unspecified atom stereocenters. The molecule has 5 heterocycles. The Morgan fingerprint density at radius 2 is 2.09 bits per heavy atom. The number of fused-ring (bicyclic) bond motifs is 1. The van der Waals surface area contributed by atoms with E-state index < -0.39 is 0 Å². The number of nitrogens with one attached hydrogen (secondary N) is 2. The summed E-state index contributed by atoms with van der Waals surface area (Å²) in [6.45, 7) is 5.01. The predicted molar refractivity (Wildman–Crippen MR) is 131 cm³/mol. The van der Waals surface area contributed by atoms with Crippen molar-refractivity contribution in [2.75, 3.05) is 36.8 Å². The number of anilines is 2. The van der Waals surface area contributed by atoms with Gasteiger partial charge in [0.2, 0.25) is 5.95 Å². The van der Waals surface area contributed by atoms with E-state index in [1.54, 1.807) is 30.1 Å². The number of furan rings is 1. The molecule has 5 rings (SSSR count). The topological polar surface area (TPSA) is 96.9 Å². The number of thiazole rings is 1. The largest absolute Gasteiger partial charge is 0.467 e. The second kappa shape index (κ2) is 10.8. The molecular formula is C23H30N8OS.